The van der Waals surface area contributed by atoms with Gasteiger partial charge < -0.3 is 9.64 Å². The second kappa shape index (κ2) is 11.6. The smallest absolute Gasteiger partial charge is 0.266 e. The van der Waals surface area contributed by atoms with E-state index in [4.69, 9.17) is 16.3 Å². The number of ether oxygens (including phenoxy) is 1. The molecule has 1 amide bonds. The van der Waals surface area contributed by atoms with Crippen LogP contribution in [0.15, 0.2) is 48.7 Å². The van der Waals surface area contributed by atoms with Gasteiger partial charge in [-0.05, 0) is 79.1 Å². The minimum Gasteiger partial charge on any atom is -0.496 e. The van der Waals surface area contributed by atoms with E-state index < -0.39 is 11.6 Å². The summed E-state index contributed by atoms with van der Waals surface area (Å²) in [5.41, 5.74) is 2.78. The van der Waals surface area contributed by atoms with Crippen LogP contribution in [0.3, 0.4) is 0 Å². The molecule has 2 aromatic heterocycles. The molecule has 5 rings (SSSR count). The third kappa shape index (κ3) is 5.47. The molecule has 0 radical (unpaired) electrons. The van der Waals surface area contributed by atoms with Gasteiger partial charge in [0.15, 0.2) is 5.78 Å². The number of fused-ring (bicyclic) bond motifs is 1. The van der Waals surface area contributed by atoms with E-state index in [0.717, 1.165) is 65.8 Å². The number of methoxy groups -OCH3 is 1. The van der Waals surface area contributed by atoms with Crippen molar-refractivity contribution in [3.63, 3.8) is 0 Å². The van der Waals surface area contributed by atoms with Gasteiger partial charge in [-0.3, -0.25) is 14.6 Å². The number of benzene rings is 2. The number of Topliss-reactive ketones (excluding diaryl/α,β-unsaturated/α-hetero) is 1. The maximum atomic E-state index is 14.6. The van der Waals surface area contributed by atoms with Crippen molar-refractivity contribution >= 4 is 44.7 Å². The Morgan fingerprint density at radius 3 is 2.42 bits per heavy atom. The number of thiophene rings is 1. The van der Waals surface area contributed by atoms with Gasteiger partial charge in [0.2, 0.25) is 0 Å². The first kappa shape index (κ1) is 28.2. The number of hydrogen-bond acceptors (Lipinski definition) is 5. The lowest BCUT2D eigenvalue weighted by atomic mass is 9.86. The van der Waals surface area contributed by atoms with Crippen LogP contribution in [0.2, 0.25) is 5.02 Å². The van der Waals surface area contributed by atoms with Crippen molar-refractivity contribution in [2.24, 2.45) is 5.92 Å². The highest BCUT2D eigenvalue weighted by Crippen LogP contribution is 2.41. The summed E-state index contributed by atoms with van der Waals surface area (Å²) in [6, 6.07) is 11.2. The molecule has 1 aliphatic carbocycles. The summed E-state index contributed by atoms with van der Waals surface area (Å²) in [5.74, 6) is -0.606. The highest BCUT2D eigenvalue weighted by atomic mass is 35.5. The summed E-state index contributed by atoms with van der Waals surface area (Å²) < 4.78 is 34.9. The summed E-state index contributed by atoms with van der Waals surface area (Å²) in [5, 5.41) is -0.129. The first-order valence-electron chi connectivity index (χ1n) is 13.2. The number of amides is 1. The molecule has 0 N–H and O–H groups in total. The van der Waals surface area contributed by atoms with Crippen LogP contribution in [0.4, 0.5) is 8.78 Å². The molecule has 5 nitrogen and oxygen atoms in total. The zero-order valence-corrected chi connectivity index (χ0v) is 24.0. The summed E-state index contributed by atoms with van der Waals surface area (Å²) in [7, 11) is 1.57. The molecule has 0 saturated heterocycles. The Hall–Kier alpha value is -3.36. The van der Waals surface area contributed by atoms with Crippen LogP contribution in [0.5, 0.6) is 5.75 Å². The SMILES string of the molecule is COc1ccc(-c2ccnc(C(C)=O)c2)cc1CN(C(=O)c1sc2c(F)ccc(F)c2c1Cl)C1CCC(C)CC1. The number of halogens is 3. The predicted octanol–water partition coefficient (Wildman–Crippen LogP) is 8.33. The molecule has 40 heavy (non-hydrogen) atoms. The van der Waals surface area contributed by atoms with E-state index in [2.05, 4.69) is 11.9 Å². The largest absolute Gasteiger partial charge is 0.496 e. The lowest BCUT2D eigenvalue weighted by molar-refractivity contribution is 0.0597. The van der Waals surface area contributed by atoms with Crippen molar-refractivity contribution in [2.75, 3.05) is 7.11 Å². The van der Waals surface area contributed by atoms with Gasteiger partial charge in [-0.25, -0.2) is 8.78 Å². The molecule has 208 valence electrons. The molecule has 9 heteroatoms. The quantitative estimate of drug-likeness (QED) is 0.206. The molecular formula is C31H29ClF2N2O3S. The number of nitrogens with zero attached hydrogens (tertiary/aromatic N) is 2. The maximum absolute atomic E-state index is 14.6. The van der Waals surface area contributed by atoms with E-state index in [1.54, 1.807) is 24.3 Å². The Labute approximate surface area is 240 Å². The highest BCUT2D eigenvalue weighted by molar-refractivity contribution is 7.21. The number of pyridine rings is 1. The zero-order chi connectivity index (χ0) is 28.6. The lowest BCUT2D eigenvalue weighted by Crippen LogP contribution is -2.41. The normalized spacial score (nSPS) is 17.1. The number of aromatic nitrogens is 1. The van der Waals surface area contributed by atoms with Crippen LogP contribution in [0.25, 0.3) is 21.2 Å². The molecule has 2 aromatic carbocycles. The Balaban J connectivity index is 1.57. The molecule has 0 bridgehead atoms. The number of carbonyl (C=O) groups is 2. The molecule has 1 aliphatic rings. The van der Waals surface area contributed by atoms with Gasteiger partial charge >= 0.3 is 0 Å². The van der Waals surface area contributed by atoms with Crippen molar-refractivity contribution < 1.29 is 23.1 Å². The average Bonchev–Trinajstić information content (AvgIpc) is 3.32. The number of carbonyl (C=O) groups excluding carboxylic acids is 2. The Morgan fingerprint density at radius 2 is 1.75 bits per heavy atom. The first-order chi connectivity index (χ1) is 19.2. The molecule has 0 aliphatic heterocycles. The summed E-state index contributed by atoms with van der Waals surface area (Å²) in [6.07, 6.45) is 5.16. The molecule has 1 saturated carbocycles. The summed E-state index contributed by atoms with van der Waals surface area (Å²) in [4.78, 5) is 32.1. The second-order valence-corrected chi connectivity index (χ2v) is 11.7. The van der Waals surface area contributed by atoms with Gasteiger partial charge in [0.05, 0.1) is 22.2 Å². The van der Waals surface area contributed by atoms with E-state index in [9.17, 15) is 18.4 Å². The molecule has 4 aromatic rings. The molecule has 2 heterocycles. The monoisotopic (exact) mass is 582 g/mol. The van der Waals surface area contributed by atoms with E-state index in [-0.39, 0.29) is 44.3 Å². The van der Waals surface area contributed by atoms with Crippen LogP contribution >= 0.6 is 22.9 Å². The summed E-state index contributed by atoms with van der Waals surface area (Å²) >= 11 is 7.42. The fraction of sp³-hybridized carbons (Fsp3) is 0.323. The van der Waals surface area contributed by atoms with Gasteiger partial charge in [-0.1, -0.05) is 24.6 Å². The van der Waals surface area contributed by atoms with Gasteiger partial charge in [-0.15, -0.1) is 11.3 Å². The minimum absolute atomic E-state index is 0.0316. The Bertz CT molecular complexity index is 1600. The van der Waals surface area contributed by atoms with Crippen molar-refractivity contribution in [1.29, 1.82) is 0 Å². The Kier molecular flexibility index (Phi) is 8.19. The van der Waals surface area contributed by atoms with Gasteiger partial charge in [-0.2, -0.15) is 0 Å². The second-order valence-electron chi connectivity index (χ2n) is 10.3. The summed E-state index contributed by atoms with van der Waals surface area (Å²) in [6.45, 7) is 3.89. The minimum atomic E-state index is -0.661. The van der Waals surface area contributed by atoms with E-state index >= 15 is 0 Å². The Morgan fingerprint density at radius 1 is 1.05 bits per heavy atom. The number of ketones is 1. The molecule has 1 fully saturated rings. The van der Waals surface area contributed by atoms with Crippen molar-refractivity contribution in [2.45, 2.75) is 52.1 Å². The van der Waals surface area contributed by atoms with Crippen LogP contribution in [0, 0.1) is 17.6 Å². The first-order valence-corrected chi connectivity index (χ1v) is 14.4. The highest BCUT2D eigenvalue weighted by Gasteiger charge is 2.32. The van der Waals surface area contributed by atoms with E-state index in [1.165, 1.54) is 6.92 Å². The topological polar surface area (TPSA) is 59.5 Å². The molecule has 0 unspecified atom stereocenters. The van der Waals surface area contributed by atoms with Crippen molar-refractivity contribution in [3.05, 3.63) is 81.5 Å². The predicted molar refractivity (Wildman–Crippen MR) is 154 cm³/mol. The molecular weight excluding hydrogens is 554 g/mol. The van der Waals surface area contributed by atoms with Crippen LogP contribution in [-0.2, 0) is 6.54 Å². The fourth-order valence-corrected chi connectivity index (χ4v) is 6.86. The van der Waals surface area contributed by atoms with E-state index in [1.807, 2.05) is 24.3 Å². The number of rotatable bonds is 7. The standard InChI is InChI=1S/C31H29ClF2N2O3S/c1-17-4-7-22(8-5-17)36(31(38)30-28(32)27-23(33)9-10-24(34)29(27)40-30)16-21-14-19(6-11-26(21)39-3)20-12-13-35-25(15-20)18(2)37/h6,9-15,17,22H,4-5,7-8,16H2,1-3H3. The van der Waals surface area contributed by atoms with Crippen LogP contribution in [-0.4, -0.2) is 34.7 Å². The zero-order valence-electron chi connectivity index (χ0n) is 22.5. The van der Waals surface area contributed by atoms with Crippen LogP contribution < -0.4 is 4.74 Å². The third-order valence-electron chi connectivity index (χ3n) is 7.64. The number of hydrogen-bond donors (Lipinski definition) is 0. The van der Waals surface area contributed by atoms with E-state index in [0.29, 0.717) is 17.4 Å². The van der Waals surface area contributed by atoms with Gasteiger partial charge in [0, 0.05) is 31.3 Å². The van der Waals surface area contributed by atoms with Gasteiger partial charge in [0.25, 0.3) is 5.91 Å². The average molecular weight is 583 g/mol. The maximum Gasteiger partial charge on any atom is 0.266 e. The van der Waals surface area contributed by atoms with Crippen LogP contribution in [0.1, 0.15) is 65.3 Å². The fourth-order valence-electron chi connectivity index (χ4n) is 5.35. The van der Waals surface area contributed by atoms with Crippen molar-refractivity contribution in [3.8, 4) is 16.9 Å². The molecule has 0 atom stereocenters. The van der Waals surface area contributed by atoms with Crippen molar-refractivity contribution in [1.82, 2.24) is 9.88 Å². The third-order valence-corrected chi connectivity index (χ3v) is 9.31. The lowest BCUT2D eigenvalue weighted by Gasteiger charge is -2.36. The van der Waals surface area contributed by atoms with Gasteiger partial charge in [0.1, 0.15) is 28.0 Å². The molecule has 0 spiro atoms.